The zero-order chi connectivity index (χ0) is 10.0. The third kappa shape index (κ3) is 1.40. The lowest BCUT2D eigenvalue weighted by molar-refractivity contribution is -0.146. The Kier molecular flexibility index (Phi) is 2.25. The van der Waals surface area contributed by atoms with Crippen LogP contribution in [0.4, 0.5) is 0 Å². The number of benzene rings is 1. The van der Waals surface area contributed by atoms with Gasteiger partial charge in [-0.15, -0.1) is 0 Å². The molecular weight excluding hydrogens is 178 g/mol. The van der Waals surface area contributed by atoms with Crippen molar-refractivity contribution in [2.24, 2.45) is 0 Å². The number of nitrogens with one attached hydrogen (secondary N) is 1. The van der Waals surface area contributed by atoms with E-state index in [0.717, 1.165) is 5.56 Å². The molecule has 1 N–H and O–H groups in total. The lowest BCUT2D eigenvalue weighted by atomic mass is 10.00. The highest BCUT2D eigenvalue weighted by Gasteiger charge is 2.52. The van der Waals surface area contributed by atoms with Gasteiger partial charge in [0.2, 0.25) is 0 Å². The van der Waals surface area contributed by atoms with Gasteiger partial charge in [-0.1, -0.05) is 30.3 Å². The highest BCUT2D eigenvalue weighted by Crippen LogP contribution is 2.31. The number of carbonyl (C=O) groups is 1. The summed E-state index contributed by atoms with van der Waals surface area (Å²) in [6.07, 6.45) is 0. The Hall–Kier alpha value is -1.35. The van der Waals surface area contributed by atoms with E-state index >= 15 is 0 Å². The first-order valence-corrected chi connectivity index (χ1v) is 4.77. The van der Waals surface area contributed by atoms with Gasteiger partial charge in [0, 0.05) is 6.54 Å². The lowest BCUT2D eigenvalue weighted by Gasteiger charge is -2.12. The third-order valence-corrected chi connectivity index (χ3v) is 2.42. The van der Waals surface area contributed by atoms with Gasteiger partial charge in [-0.2, -0.15) is 0 Å². The smallest absolute Gasteiger partial charge is 0.332 e. The van der Waals surface area contributed by atoms with E-state index in [9.17, 15) is 4.79 Å². The van der Waals surface area contributed by atoms with E-state index in [1.165, 1.54) is 0 Å². The van der Waals surface area contributed by atoms with Gasteiger partial charge in [0.1, 0.15) is 0 Å². The standard InChI is InChI=1S/C11H13NO2/c1-2-14-10(13)11(8-12-11)9-6-4-3-5-7-9/h3-7,12H,2,8H2,1H3. The third-order valence-electron chi connectivity index (χ3n) is 2.42. The quantitative estimate of drug-likeness (QED) is 0.573. The highest BCUT2D eigenvalue weighted by molar-refractivity contribution is 5.86. The van der Waals surface area contributed by atoms with Crippen LogP contribution in [0.25, 0.3) is 0 Å². The van der Waals surface area contributed by atoms with Crippen molar-refractivity contribution in [2.75, 3.05) is 13.2 Å². The van der Waals surface area contributed by atoms with E-state index in [4.69, 9.17) is 4.74 Å². The summed E-state index contributed by atoms with van der Waals surface area (Å²) in [7, 11) is 0. The second-order valence-electron chi connectivity index (χ2n) is 3.35. The fourth-order valence-electron chi connectivity index (χ4n) is 1.53. The molecule has 3 heteroatoms. The van der Waals surface area contributed by atoms with E-state index in [1.54, 1.807) is 0 Å². The van der Waals surface area contributed by atoms with Crippen molar-refractivity contribution in [1.82, 2.24) is 5.32 Å². The van der Waals surface area contributed by atoms with Gasteiger partial charge < -0.3 is 4.74 Å². The van der Waals surface area contributed by atoms with Gasteiger partial charge in [-0.25, -0.2) is 4.79 Å². The van der Waals surface area contributed by atoms with Crippen molar-refractivity contribution in [3.05, 3.63) is 35.9 Å². The summed E-state index contributed by atoms with van der Waals surface area (Å²) in [5.41, 5.74) is 0.426. The first-order valence-electron chi connectivity index (χ1n) is 4.77. The fourth-order valence-corrected chi connectivity index (χ4v) is 1.53. The molecule has 1 unspecified atom stereocenters. The van der Waals surface area contributed by atoms with Crippen LogP contribution in [-0.4, -0.2) is 19.1 Å². The number of rotatable bonds is 3. The Balaban J connectivity index is 2.21. The minimum Gasteiger partial charge on any atom is -0.464 e. The zero-order valence-electron chi connectivity index (χ0n) is 8.12. The van der Waals surface area contributed by atoms with Gasteiger partial charge >= 0.3 is 5.97 Å². The minimum atomic E-state index is -0.558. The maximum Gasteiger partial charge on any atom is 0.332 e. The molecule has 14 heavy (non-hydrogen) atoms. The van der Waals surface area contributed by atoms with E-state index in [0.29, 0.717) is 13.2 Å². The number of hydrogen-bond donors (Lipinski definition) is 1. The first kappa shape index (κ1) is 9.21. The largest absolute Gasteiger partial charge is 0.464 e. The van der Waals surface area contributed by atoms with Crippen LogP contribution in [0.2, 0.25) is 0 Å². The number of carbonyl (C=O) groups excluding carboxylic acids is 1. The average molecular weight is 191 g/mol. The summed E-state index contributed by atoms with van der Waals surface area (Å²) in [5.74, 6) is -0.175. The molecule has 2 rings (SSSR count). The fraction of sp³-hybridized carbons (Fsp3) is 0.364. The topological polar surface area (TPSA) is 48.2 Å². The predicted molar refractivity (Wildman–Crippen MR) is 52.8 cm³/mol. The maximum absolute atomic E-state index is 11.6. The molecule has 1 fully saturated rings. The molecule has 1 aromatic carbocycles. The molecule has 1 aromatic rings. The van der Waals surface area contributed by atoms with Crippen LogP contribution < -0.4 is 5.32 Å². The molecular formula is C11H13NO2. The minimum absolute atomic E-state index is 0.175. The summed E-state index contributed by atoms with van der Waals surface area (Å²) < 4.78 is 5.02. The summed E-state index contributed by atoms with van der Waals surface area (Å²) in [6, 6.07) is 9.67. The molecule has 0 amide bonds. The monoisotopic (exact) mass is 191 g/mol. The number of esters is 1. The van der Waals surface area contributed by atoms with Crippen LogP contribution >= 0.6 is 0 Å². The Labute approximate surface area is 83.1 Å². The summed E-state index contributed by atoms with van der Waals surface area (Å²) in [6.45, 7) is 2.92. The van der Waals surface area contributed by atoms with Crippen LogP contribution in [-0.2, 0) is 15.1 Å². The predicted octanol–water partition coefficient (Wildman–Crippen LogP) is 1.05. The van der Waals surface area contributed by atoms with Crippen LogP contribution in [0.1, 0.15) is 12.5 Å². The normalized spacial score (nSPS) is 24.4. The SMILES string of the molecule is CCOC(=O)C1(c2ccccc2)CN1. The van der Waals surface area contributed by atoms with Crippen molar-refractivity contribution >= 4 is 5.97 Å². The molecule has 0 aromatic heterocycles. The molecule has 1 aliphatic rings. The highest BCUT2D eigenvalue weighted by atomic mass is 16.5. The Morgan fingerprint density at radius 1 is 1.50 bits per heavy atom. The second kappa shape index (κ2) is 3.42. The molecule has 3 nitrogen and oxygen atoms in total. The van der Waals surface area contributed by atoms with E-state index in [-0.39, 0.29) is 5.97 Å². The lowest BCUT2D eigenvalue weighted by Crippen LogP contribution is -2.27. The Morgan fingerprint density at radius 3 is 2.64 bits per heavy atom. The summed E-state index contributed by atoms with van der Waals surface area (Å²) in [5, 5.41) is 3.07. The van der Waals surface area contributed by atoms with Crippen molar-refractivity contribution in [3.8, 4) is 0 Å². The molecule has 1 saturated heterocycles. The molecule has 0 spiro atoms. The van der Waals surface area contributed by atoms with Gasteiger partial charge in [0.25, 0.3) is 0 Å². The van der Waals surface area contributed by atoms with Gasteiger partial charge in [-0.3, -0.25) is 5.32 Å². The van der Waals surface area contributed by atoms with Gasteiger partial charge in [0.15, 0.2) is 5.54 Å². The van der Waals surface area contributed by atoms with Crippen LogP contribution in [0.5, 0.6) is 0 Å². The van der Waals surface area contributed by atoms with Crippen molar-refractivity contribution in [3.63, 3.8) is 0 Å². The van der Waals surface area contributed by atoms with Gasteiger partial charge in [0.05, 0.1) is 6.61 Å². The van der Waals surface area contributed by atoms with E-state index in [1.807, 2.05) is 37.3 Å². The molecule has 1 aliphatic heterocycles. The summed E-state index contributed by atoms with van der Waals surface area (Å²) >= 11 is 0. The van der Waals surface area contributed by atoms with E-state index in [2.05, 4.69) is 5.32 Å². The molecule has 74 valence electrons. The molecule has 0 aliphatic carbocycles. The molecule has 0 saturated carbocycles. The van der Waals surface area contributed by atoms with Crippen LogP contribution in [0.15, 0.2) is 30.3 Å². The van der Waals surface area contributed by atoms with Crippen LogP contribution in [0, 0.1) is 0 Å². The number of ether oxygens (including phenoxy) is 1. The van der Waals surface area contributed by atoms with Crippen molar-refractivity contribution in [1.29, 1.82) is 0 Å². The Morgan fingerprint density at radius 2 is 2.14 bits per heavy atom. The molecule has 0 radical (unpaired) electrons. The van der Waals surface area contributed by atoms with Crippen LogP contribution in [0.3, 0.4) is 0 Å². The van der Waals surface area contributed by atoms with Crippen molar-refractivity contribution < 1.29 is 9.53 Å². The van der Waals surface area contributed by atoms with Crippen molar-refractivity contribution in [2.45, 2.75) is 12.5 Å². The molecule has 1 heterocycles. The van der Waals surface area contributed by atoms with Gasteiger partial charge in [-0.05, 0) is 12.5 Å². The zero-order valence-corrected chi connectivity index (χ0v) is 8.12. The first-order chi connectivity index (χ1) is 6.79. The average Bonchev–Trinajstić information content (AvgIpc) is 3.00. The van der Waals surface area contributed by atoms with E-state index < -0.39 is 5.54 Å². The summed E-state index contributed by atoms with van der Waals surface area (Å²) in [4.78, 5) is 11.6. The number of hydrogen-bond acceptors (Lipinski definition) is 3. The molecule has 1 atom stereocenters. The second-order valence-corrected chi connectivity index (χ2v) is 3.35. The Bertz CT molecular complexity index is 330. The maximum atomic E-state index is 11.6. The molecule has 0 bridgehead atoms.